The highest BCUT2D eigenvalue weighted by Crippen LogP contribution is 2.34. The average Bonchev–Trinajstić information content (AvgIpc) is 3.13. The minimum absolute atomic E-state index is 0.0558. The number of halogens is 1. The van der Waals surface area contributed by atoms with Crippen LogP contribution in [0.5, 0.6) is 0 Å². The lowest BCUT2D eigenvalue weighted by atomic mass is 10.2. The normalized spacial score (nSPS) is 15.7. The molecule has 1 N–H and O–H groups in total. The number of benzene rings is 1. The van der Waals surface area contributed by atoms with Gasteiger partial charge in [0.2, 0.25) is 10.0 Å². The largest absolute Gasteiger partial charge is 0.478 e. The summed E-state index contributed by atoms with van der Waals surface area (Å²) in [7, 11) is -3.57. The van der Waals surface area contributed by atoms with Crippen LogP contribution < -0.4 is 0 Å². The van der Waals surface area contributed by atoms with E-state index in [1.165, 1.54) is 22.5 Å². The minimum Gasteiger partial charge on any atom is -0.478 e. The number of carboxylic acid groups (broad SMARTS) is 1. The zero-order valence-corrected chi connectivity index (χ0v) is 12.7. The molecule has 19 heavy (non-hydrogen) atoms. The summed E-state index contributed by atoms with van der Waals surface area (Å²) >= 11 is 3.15. The molecule has 0 amide bonds. The first-order valence-corrected chi connectivity index (χ1v) is 8.16. The summed E-state index contributed by atoms with van der Waals surface area (Å²) in [6.07, 6.45) is 1.77. The summed E-state index contributed by atoms with van der Waals surface area (Å²) in [4.78, 5) is 11.0. The molecule has 0 radical (unpaired) electrons. The van der Waals surface area contributed by atoms with Gasteiger partial charge in [-0.2, -0.15) is 4.31 Å². The summed E-state index contributed by atoms with van der Waals surface area (Å²) in [6, 6.07) is 4.05. The quantitative estimate of drug-likeness (QED) is 0.886. The van der Waals surface area contributed by atoms with Crippen LogP contribution in [-0.2, 0) is 10.0 Å². The molecule has 0 unspecified atom stereocenters. The molecule has 1 aliphatic rings. The molecule has 104 valence electrons. The lowest BCUT2D eigenvalue weighted by molar-refractivity contribution is 0.0696. The zero-order chi connectivity index (χ0) is 14.2. The Morgan fingerprint density at radius 1 is 1.47 bits per heavy atom. The first-order chi connectivity index (χ1) is 8.87. The van der Waals surface area contributed by atoms with Crippen molar-refractivity contribution in [2.75, 3.05) is 6.54 Å². The predicted octanol–water partition coefficient (Wildman–Crippen LogP) is 2.32. The number of sulfonamides is 1. The van der Waals surface area contributed by atoms with Crippen molar-refractivity contribution in [3.05, 3.63) is 28.2 Å². The Balaban J connectivity index is 2.43. The zero-order valence-electron chi connectivity index (χ0n) is 10.3. The Hall–Kier alpha value is -0.920. The second-order valence-corrected chi connectivity index (χ2v) is 7.10. The highest BCUT2D eigenvalue weighted by Gasteiger charge is 2.37. The van der Waals surface area contributed by atoms with Crippen LogP contribution in [0.4, 0.5) is 0 Å². The number of hydrogen-bond acceptors (Lipinski definition) is 3. The maximum atomic E-state index is 12.5. The van der Waals surface area contributed by atoms with Gasteiger partial charge in [0.05, 0.1) is 10.5 Å². The molecule has 1 saturated carbocycles. The summed E-state index contributed by atoms with van der Waals surface area (Å²) in [6.45, 7) is 2.22. The van der Waals surface area contributed by atoms with E-state index < -0.39 is 16.0 Å². The van der Waals surface area contributed by atoms with Gasteiger partial charge in [-0.05, 0) is 47.0 Å². The Kier molecular flexibility index (Phi) is 3.98. The summed E-state index contributed by atoms with van der Waals surface area (Å²) in [5.41, 5.74) is 0.0558. The molecular weight excluding hydrogens is 334 g/mol. The third-order valence-electron chi connectivity index (χ3n) is 3.03. The number of carboxylic acids is 1. The number of carbonyl (C=O) groups is 1. The molecule has 0 saturated heterocycles. The summed E-state index contributed by atoms with van der Waals surface area (Å²) < 4.78 is 26.7. The molecule has 0 bridgehead atoms. The minimum atomic E-state index is -3.57. The number of nitrogens with zero attached hydrogens (tertiary/aromatic N) is 1. The molecule has 7 heteroatoms. The van der Waals surface area contributed by atoms with Crippen LogP contribution in [0.1, 0.15) is 30.1 Å². The van der Waals surface area contributed by atoms with Crippen LogP contribution in [0.2, 0.25) is 0 Å². The van der Waals surface area contributed by atoms with Crippen LogP contribution in [0.15, 0.2) is 27.6 Å². The Bertz CT molecular complexity index is 610. The molecule has 0 aromatic heterocycles. The van der Waals surface area contributed by atoms with Gasteiger partial charge in [-0.1, -0.05) is 6.92 Å². The molecule has 2 rings (SSSR count). The van der Waals surface area contributed by atoms with Crippen LogP contribution in [0.3, 0.4) is 0 Å². The predicted molar refractivity (Wildman–Crippen MR) is 73.7 cm³/mol. The van der Waals surface area contributed by atoms with Crippen LogP contribution >= 0.6 is 15.9 Å². The van der Waals surface area contributed by atoms with Gasteiger partial charge in [-0.3, -0.25) is 0 Å². The number of hydrogen-bond donors (Lipinski definition) is 1. The fraction of sp³-hybridized carbons (Fsp3) is 0.417. The molecule has 1 aromatic rings. The summed E-state index contributed by atoms with van der Waals surface area (Å²) in [5.74, 6) is -1.08. The smallest absolute Gasteiger partial charge is 0.335 e. The van der Waals surface area contributed by atoms with Crippen molar-refractivity contribution >= 4 is 31.9 Å². The van der Waals surface area contributed by atoms with E-state index in [0.717, 1.165) is 12.8 Å². The topological polar surface area (TPSA) is 74.7 Å². The molecule has 5 nitrogen and oxygen atoms in total. The van der Waals surface area contributed by atoms with E-state index in [4.69, 9.17) is 5.11 Å². The third-order valence-corrected chi connectivity index (χ3v) is 6.04. The van der Waals surface area contributed by atoms with E-state index >= 15 is 0 Å². The first-order valence-electron chi connectivity index (χ1n) is 5.92. The van der Waals surface area contributed by atoms with Crippen molar-refractivity contribution in [2.24, 2.45) is 0 Å². The van der Waals surface area contributed by atoms with Gasteiger partial charge in [-0.25, -0.2) is 13.2 Å². The first kappa shape index (κ1) is 14.5. The van der Waals surface area contributed by atoms with Crippen molar-refractivity contribution in [2.45, 2.75) is 30.7 Å². The lowest BCUT2D eigenvalue weighted by Gasteiger charge is -2.20. The van der Waals surface area contributed by atoms with E-state index in [1.54, 1.807) is 6.92 Å². The molecule has 0 atom stereocenters. The highest BCUT2D eigenvalue weighted by atomic mass is 79.9. The second kappa shape index (κ2) is 5.22. The monoisotopic (exact) mass is 347 g/mol. The van der Waals surface area contributed by atoms with Crippen molar-refractivity contribution in [3.8, 4) is 0 Å². The lowest BCUT2D eigenvalue weighted by Crippen LogP contribution is -2.33. The van der Waals surface area contributed by atoms with Crippen LogP contribution in [-0.4, -0.2) is 36.4 Å². The molecule has 0 spiro atoms. The Morgan fingerprint density at radius 3 is 2.53 bits per heavy atom. The van der Waals surface area contributed by atoms with Gasteiger partial charge in [0.25, 0.3) is 0 Å². The average molecular weight is 348 g/mol. The highest BCUT2D eigenvalue weighted by molar-refractivity contribution is 9.10. The fourth-order valence-electron chi connectivity index (χ4n) is 1.96. The number of aromatic carboxylic acids is 1. The summed E-state index contributed by atoms with van der Waals surface area (Å²) in [5, 5.41) is 8.88. The van der Waals surface area contributed by atoms with Crippen molar-refractivity contribution in [1.29, 1.82) is 0 Å². The number of rotatable bonds is 5. The molecule has 1 aliphatic carbocycles. The van der Waals surface area contributed by atoms with Gasteiger partial charge in [0.15, 0.2) is 0 Å². The molecule has 0 aliphatic heterocycles. The van der Waals surface area contributed by atoms with Gasteiger partial charge in [0, 0.05) is 17.1 Å². The maximum Gasteiger partial charge on any atom is 0.335 e. The Morgan fingerprint density at radius 2 is 2.11 bits per heavy atom. The molecular formula is C12H14BrNO4S. The Labute approximate surface area is 120 Å². The van der Waals surface area contributed by atoms with Crippen molar-refractivity contribution in [1.82, 2.24) is 4.31 Å². The van der Waals surface area contributed by atoms with Crippen molar-refractivity contribution in [3.63, 3.8) is 0 Å². The van der Waals surface area contributed by atoms with E-state index in [1.807, 2.05) is 0 Å². The van der Waals surface area contributed by atoms with E-state index in [2.05, 4.69) is 15.9 Å². The van der Waals surface area contributed by atoms with Gasteiger partial charge in [-0.15, -0.1) is 0 Å². The maximum absolute atomic E-state index is 12.5. The van der Waals surface area contributed by atoms with Gasteiger partial charge >= 0.3 is 5.97 Å². The van der Waals surface area contributed by atoms with Gasteiger partial charge < -0.3 is 5.11 Å². The standard InChI is InChI=1S/C12H14BrNO4S/c1-2-14(9-4-5-9)19(17,18)11-6-3-8(12(15)16)7-10(11)13/h3,6-7,9H,2,4-5H2,1H3,(H,15,16). The van der Waals surface area contributed by atoms with Crippen LogP contribution in [0.25, 0.3) is 0 Å². The van der Waals surface area contributed by atoms with Crippen LogP contribution in [0, 0.1) is 0 Å². The van der Waals surface area contributed by atoms with Gasteiger partial charge in [0.1, 0.15) is 0 Å². The molecule has 1 aromatic carbocycles. The van der Waals surface area contributed by atoms with Crippen molar-refractivity contribution < 1.29 is 18.3 Å². The SMILES string of the molecule is CCN(C1CC1)S(=O)(=O)c1ccc(C(=O)O)cc1Br. The molecule has 0 heterocycles. The molecule has 1 fully saturated rings. The van der Waals surface area contributed by atoms with E-state index in [9.17, 15) is 13.2 Å². The second-order valence-electron chi connectivity index (χ2n) is 4.39. The van der Waals surface area contributed by atoms with E-state index in [0.29, 0.717) is 6.54 Å². The van der Waals surface area contributed by atoms with E-state index in [-0.39, 0.29) is 21.0 Å². The third kappa shape index (κ3) is 2.82. The fourth-order valence-corrected chi connectivity index (χ4v) is 4.69.